The number of amides is 2. The summed E-state index contributed by atoms with van der Waals surface area (Å²) < 4.78 is 30.4. The van der Waals surface area contributed by atoms with Crippen LogP contribution in [0.15, 0.2) is 66.2 Å². The van der Waals surface area contributed by atoms with Crippen LogP contribution >= 0.6 is 0 Å². The number of benzene rings is 2. The number of methoxy groups -OCH3 is 1. The predicted octanol–water partition coefficient (Wildman–Crippen LogP) is 3.53. The lowest BCUT2D eigenvalue weighted by Gasteiger charge is -2.32. The Morgan fingerprint density at radius 3 is 2.34 bits per heavy atom. The average molecular weight is 542 g/mol. The molecule has 0 fully saturated rings. The van der Waals surface area contributed by atoms with Crippen molar-refractivity contribution in [2.45, 2.75) is 51.1 Å². The van der Waals surface area contributed by atoms with Crippen LogP contribution in [-0.4, -0.2) is 69.0 Å². The van der Waals surface area contributed by atoms with Crippen molar-refractivity contribution < 1.29 is 22.7 Å². The Bertz CT molecular complexity index is 1200. The van der Waals surface area contributed by atoms with E-state index in [0.29, 0.717) is 18.7 Å². The summed E-state index contributed by atoms with van der Waals surface area (Å²) in [5.41, 5.74) is 3.07. The molecular weight excluding hydrogens is 502 g/mol. The summed E-state index contributed by atoms with van der Waals surface area (Å²) in [6.45, 7) is 0.278. The van der Waals surface area contributed by atoms with Gasteiger partial charge >= 0.3 is 0 Å². The molecule has 0 aromatic heterocycles. The van der Waals surface area contributed by atoms with Crippen molar-refractivity contribution in [2.24, 2.45) is 0 Å². The summed E-state index contributed by atoms with van der Waals surface area (Å²) in [5, 5.41) is 3.05. The molecule has 1 aliphatic carbocycles. The molecule has 2 aromatic rings. The molecule has 3 rings (SSSR count). The molecule has 206 valence electrons. The summed E-state index contributed by atoms with van der Waals surface area (Å²) in [6, 6.07) is 16.0. The smallest absolute Gasteiger partial charge is 0.243 e. The Morgan fingerprint density at radius 1 is 1.03 bits per heavy atom. The minimum Gasteiger partial charge on any atom is -0.497 e. The van der Waals surface area contributed by atoms with E-state index in [1.165, 1.54) is 30.4 Å². The first kappa shape index (κ1) is 29.4. The Hall–Kier alpha value is -3.17. The largest absolute Gasteiger partial charge is 0.497 e. The van der Waals surface area contributed by atoms with Gasteiger partial charge in [-0.05, 0) is 55.4 Å². The van der Waals surface area contributed by atoms with Crippen molar-refractivity contribution in [1.29, 1.82) is 0 Å². The standard InChI is InChI=1S/C29H39N3O5S/c1-31(38(3,35)36)22-28(33)32(21-25-14-16-26(37-2)17-15-25)27(20-24-12-8-5-9-13-24)29(34)30-19-18-23-10-6-4-7-11-23/h5,8-10,12-17,27H,4,6-7,11,18-22H2,1-3H3,(H,30,34)/t27-/m1/s1. The van der Waals surface area contributed by atoms with Crippen LogP contribution in [0.4, 0.5) is 0 Å². The number of hydrogen-bond donors (Lipinski definition) is 1. The number of carbonyl (C=O) groups excluding carboxylic acids is 2. The lowest BCUT2D eigenvalue weighted by atomic mass is 9.97. The summed E-state index contributed by atoms with van der Waals surface area (Å²) in [5.74, 6) is -0.0204. The van der Waals surface area contributed by atoms with E-state index < -0.39 is 22.0 Å². The SMILES string of the molecule is COc1ccc(CN(C(=O)CN(C)S(C)(=O)=O)[C@H](Cc2ccccc2)C(=O)NCCC2=CCCCC2)cc1. The van der Waals surface area contributed by atoms with Crippen LogP contribution in [0.5, 0.6) is 5.75 Å². The summed E-state index contributed by atoms with van der Waals surface area (Å²) in [4.78, 5) is 28.7. The number of hydrogen-bond acceptors (Lipinski definition) is 5. The number of sulfonamides is 1. The second-order valence-electron chi connectivity index (χ2n) is 9.74. The van der Waals surface area contributed by atoms with Crippen LogP contribution in [0.25, 0.3) is 0 Å². The zero-order chi connectivity index (χ0) is 27.5. The number of likely N-dealkylation sites (N-methyl/N-ethyl adjacent to an activating group) is 1. The third-order valence-corrected chi connectivity index (χ3v) is 8.10. The number of nitrogens with zero attached hydrogens (tertiary/aromatic N) is 2. The quantitative estimate of drug-likeness (QED) is 0.392. The Labute approximate surface area is 226 Å². The van der Waals surface area contributed by atoms with Crippen molar-refractivity contribution in [3.63, 3.8) is 0 Å². The van der Waals surface area contributed by atoms with Gasteiger partial charge in [0, 0.05) is 26.6 Å². The lowest BCUT2D eigenvalue weighted by Crippen LogP contribution is -2.53. The van der Waals surface area contributed by atoms with Crippen molar-refractivity contribution in [3.8, 4) is 5.75 Å². The van der Waals surface area contributed by atoms with Crippen LogP contribution < -0.4 is 10.1 Å². The summed E-state index contributed by atoms with van der Waals surface area (Å²) >= 11 is 0. The Balaban J connectivity index is 1.88. The van der Waals surface area contributed by atoms with Gasteiger partial charge in [-0.15, -0.1) is 0 Å². The number of nitrogens with one attached hydrogen (secondary N) is 1. The van der Waals surface area contributed by atoms with Gasteiger partial charge in [0.25, 0.3) is 0 Å². The molecule has 0 heterocycles. The lowest BCUT2D eigenvalue weighted by molar-refractivity contribution is -0.141. The molecule has 1 N–H and O–H groups in total. The fourth-order valence-corrected chi connectivity index (χ4v) is 4.82. The van der Waals surface area contributed by atoms with E-state index in [0.717, 1.165) is 41.0 Å². The van der Waals surface area contributed by atoms with E-state index in [2.05, 4.69) is 11.4 Å². The molecule has 0 saturated carbocycles. The minimum atomic E-state index is -3.58. The van der Waals surface area contributed by atoms with Crippen molar-refractivity contribution in [3.05, 3.63) is 77.4 Å². The number of allylic oxidation sites excluding steroid dienone is 1. The van der Waals surface area contributed by atoms with E-state index in [4.69, 9.17) is 4.74 Å². The fourth-order valence-electron chi connectivity index (χ4n) is 4.48. The number of rotatable bonds is 13. The molecule has 9 heteroatoms. The van der Waals surface area contributed by atoms with E-state index in [1.807, 2.05) is 42.5 Å². The van der Waals surface area contributed by atoms with Gasteiger partial charge in [-0.1, -0.05) is 54.1 Å². The predicted molar refractivity (Wildman–Crippen MR) is 149 cm³/mol. The first-order chi connectivity index (χ1) is 18.2. The van der Waals surface area contributed by atoms with Gasteiger partial charge in [0.05, 0.1) is 19.9 Å². The Morgan fingerprint density at radius 2 is 1.74 bits per heavy atom. The third-order valence-electron chi connectivity index (χ3n) is 6.84. The van der Waals surface area contributed by atoms with Gasteiger partial charge in [-0.2, -0.15) is 4.31 Å². The van der Waals surface area contributed by atoms with Crippen LogP contribution in [-0.2, 0) is 32.6 Å². The van der Waals surface area contributed by atoms with Gasteiger partial charge in [0.2, 0.25) is 21.8 Å². The molecule has 38 heavy (non-hydrogen) atoms. The van der Waals surface area contributed by atoms with E-state index in [1.54, 1.807) is 19.2 Å². The summed E-state index contributed by atoms with van der Waals surface area (Å²) in [6.07, 6.45) is 8.93. The molecule has 0 radical (unpaired) electrons. The molecule has 0 spiro atoms. The van der Waals surface area contributed by atoms with Crippen LogP contribution in [0.1, 0.15) is 43.2 Å². The maximum atomic E-state index is 13.6. The fraction of sp³-hybridized carbons (Fsp3) is 0.448. The molecule has 0 unspecified atom stereocenters. The maximum absolute atomic E-state index is 13.6. The molecular formula is C29H39N3O5S. The van der Waals surface area contributed by atoms with E-state index >= 15 is 0 Å². The highest BCUT2D eigenvalue weighted by atomic mass is 32.2. The summed E-state index contributed by atoms with van der Waals surface area (Å²) in [7, 11) is -0.639. The molecule has 8 nitrogen and oxygen atoms in total. The van der Waals surface area contributed by atoms with Gasteiger partial charge in [0.15, 0.2) is 0 Å². The highest BCUT2D eigenvalue weighted by Gasteiger charge is 2.31. The van der Waals surface area contributed by atoms with Crippen LogP contribution in [0.3, 0.4) is 0 Å². The van der Waals surface area contributed by atoms with Gasteiger partial charge in [0.1, 0.15) is 11.8 Å². The number of carbonyl (C=O) groups is 2. The zero-order valence-corrected chi connectivity index (χ0v) is 23.4. The molecule has 1 atom stereocenters. The second kappa shape index (κ2) is 14.1. The highest BCUT2D eigenvalue weighted by molar-refractivity contribution is 7.88. The second-order valence-corrected chi connectivity index (χ2v) is 11.8. The topological polar surface area (TPSA) is 96.0 Å². The van der Waals surface area contributed by atoms with Gasteiger partial charge < -0.3 is 15.0 Å². The molecule has 0 saturated heterocycles. The van der Waals surface area contributed by atoms with Crippen molar-refractivity contribution >= 4 is 21.8 Å². The van der Waals surface area contributed by atoms with Gasteiger partial charge in [-0.25, -0.2) is 8.42 Å². The minimum absolute atomic E-state index is 0.149. The van der Waals surface area contributed by atoms with E-state index in [-0.39, 0.29) is 19.0 Å². The normalized spacial score (nSPS) is 14.5. The Kier molecular flexibility index (Phi) is 10.9. The first-order valence-corrected chi connectivity index (χ1v) is 14.9. The zero-order valence-electron chi connectivity index (χ0n) is 22.6. The molecule has 2 aromatic carbocycles. The van der Waals surface area contributed by atoms with Crippen LogP contribution in [0, 0.1) is 0 Å². The average Bonchev–Trinajstić information content (AvgIpc) is 2.91. The van der Waals surface area contributed by atoms with Crippen molar-refractivity contribution in [2.75, 3.05) is 33.5 Å². The van der Waals surface area contributed by atoms with Gasteiger partial charge in [-0.3, -0.25) is 9.59 Å². The molecule has 0 aliphatic heterocycles. The maximum Gasteiger partial charge on any atom is 0.243 e. The highest BCUT2D eigenvalue weighted by Crippen LogP contribution is 2.20. The first-order valence-electron chi connectivity index (χ1n) is 13.0. The van der Waals surface area contributed by atoms with Crippen molar-refractivity contribution in [1.82, 2.24) is 14.5 Å². The molecule has 1 aliphatic rings. The third kappa shape index (κ3) is 8.99. The number of ether oxygens (including phenoxy) is 1. The molecule has 0 bridgehead atoms. The van der Waals surface area contributed by atoms with Crippen LogP contribution in [0.2, 0.25) is 0 Å². The molecule has 2 amide bonds. The van der Waals surface area contributed by atoms with E-state index in [9.17, 15) is 18.0 Å². The monoisotopic (exact) mass is 541 g/mol.